The van der Waals surface area contributed by atoms with Gasteiger partial charge in [0.2, 0.25) is 0 Å². The van der Waals surface area contributed by atoms with Crippen molar-refractivity contribution in [2.75, 3.05) is 19.0 Å². The summed E-state index contributed by atoms with van der Waals surface area (Å²) in [4.78, 5) is 18.2. The molecule has 0 saturated carbocycles. The first kappa shape index (κ1) is 18.4. The number of anilines is 1. The third kappa shape index (κ3) is 5.01. The minimum atomic E-state index is -0.267. The average molecular weight is 367 g/mol. The van der Waals surface area contributed by atoms with Crippen LogP contribution in [0.3, 0.4) is 0 Å². The summed E-state index contributed by atoms with van der Waals surface area (Å²) in [6.07, 6.45) is 1.72. The second-order valence-corrected chi connectivity index (χ2v) is 6.47. The highest BCUT2D eigenvalue weighted by Crippen LogP contribution is 2.25. The minimum absolute atomic E-state index is 0.232. The van der Waals surface area contributed by atoms with Gasteiger partial charge in [-0.2, -0.15) is 0 Å². The molecule has 0 aliphatic heterocycles. The number of halogens is 2. The van der Waals surface area contributed by atoms with E-state index in [2.05, 4.69) is 15.6 Å². The van der Waals surface area contributed by atoms with Crippen molar-refractivity contribution in [1.29, 1.82) is 0 Å². The van der Waals surface area contributed by atoms with Crippen molar-refractivity contribution in [3.63, 3.8) is 0 Å². The molecular weight excluding hydrogens is 347 g/mol. The molecule has 2 rings (SSSR count). The first-order chi connectivity index (χ1) is 11.4. The molecule has 0 saturated heterocycles. The van der Waals surface area contributed by atoms with E-state index < -0.39 is 0 Å². The molecule has 128 valence electrons. The van der Waals surface area contributed by atoms with Crippen molar-refractivity contribution in [1.82, 2.24) is 15.6 Å². The van der Waals surface area contributed by atoms with Gasteiger partial charge in [0, 0.05) is 36.9 Å². The smallest absolute Gasteiger partial charge is 0.315 e. The molecule has 0 aliphatic rings. The van der Waals surface area contributed by atoms with E-state index in [9.17, 15) is 4.79 Å². The monoisotopic (exact) mass is 366 g/mol. The summed E-state index contributed by atoms with van der Waals surface area (Å²) in [6, 6.07) is 8.52. The molecular formula is C17H20Cl2N4O. The second-order valence-electron chi connectivity index (χ2n) is 5.63. The number of hydrogen-bond acceptors (Lipinski definition) is 3. The fourth-order valence-electron chi connectivity index (χ4n) is 2.18. The molecule has 2 aromatic rings. The maximum atomic E-state index is 12.1. The number of nitrogens with zero attached hydrogens (tertiary/aromatic N) is 2. The van der Waals surface area contributed by atoms with Crippen LogP contribution in [0.25, 0.3) is 0 Å². The quantitative estimate of drug-likeness (QED) is 0.840. The molecule has 2 amide bonds. The van der Waals surface area contributed by atoms with Crippen LogP contribution < -0.4 is 15.5 Å². The molecule has 1 atom stereocenters. The van der Waals surface area contributed by atoms with Crippen LogP contribution in [-0.2, 0) is 6.54 Å². The fraction of sp³-hybridized carbons (Fsp3) is 0.294. The lowest BCUT2D eigenvalue weighted by Gasteiger charge is -2.17. The zero-order chi connectivity index (χ0) is 17.7. The lowest BCUT2D eigenvalue weighted by molar-refractivity contribution is 0.237. The second kappa shape index (κ2) is 8.22. The highest BCUT2D eigenvalue weighted by atomic mass is 35.5. The number of urea groups is 1. The topological polar surface area (TPSA) is 57.3 Å². The van der Waals surface area contributed by atoms with Crippen LogP contribution in [0.15, 0.2) is 36.5 Å². The van der Waals surface area contributed by atoms with Crippen molar-refractivity contribution in [3.05, 3.63) is 57.7 Å². The number of amides is 2. The van der Waals surface area contributed by atoms with Crippen molar-refractivity contribution >= 4 is 35.1 Å². The van der Waals surface area contributed by atoms with E-state index in [4.69, 9.17) is 23.2 Å². The van der Waals surface area contributed by atoms with E-state index in [0.717, 1.165) is 16.9 Å². The molecule has 24 heavy (non-hydrogen) atoms. The zero-order valence-corrected chi connectivity index (χ0v) is 15.3. The average Bonchev–Trinajstić information content (AvgIpc) is 2.53. The SMILES string of the molecule is C[C@@H](NC(=O)NCc1ccnc(N(C)C)c1)c1ccc(Cl)cc1Cl. The highest BCUT2D eigenvalue weighted by Gasteiger charge is 2.13. The third-order valence-corrected chi connectivity index (χ3v) is 4.06. The maximum absolute atomic E-state index is 12.1. The molecule has 1 aromatic heterocycles. The molecule has 1 heterocycles. The molecule has 1 aromatic carbocycles. The molecule has 0 fully saturated rings. The number of aromatic nitrogens is 1. The van der Waals surface area contributed by atoms with Gasteiger partial charge in [-0.15, -0.1) is 0 Å². The number of hydrogen-bond donors (Lipinski definition) is 2. The number of carbonyl (C=O) groups is 1. The predicted octanol–water partition coefficient (Wildman–Crippen LogP) is 4.01. The number of rotatable bonds is 5. The third-order valence-electron chi connectivity index (χ3n) is 3.50. The molecule has 0 spiro atoms. The van der Waals surface area contributed by atoms with Gasteiger partial charge in [0.15, 0.2) is 0 Å². The van der Waals surface area contributed by atoms with Crippen LogP contribution in [0, 0.1) is 0 Å². The number of pyridine rings is 1. The molecule has 7 heteroatoms. The molecule has 0 aliphatic carbocycles. The lowest BCUT2D eigenvalue weighted by Crippen LogP contribution is -2.36. The molecule has 0 bridgehead atoms. The molecule has 5 nitrogen and oxygen atoms in total. The van der Waals surface area contributed by atoms with Gasteiger partial charge in [0.25, 0.3) is 0 Å². The summed E-state index contributed by atoms with van der Waals surface area (Å²) >= 11 is 12.0. The highest BCUT2D eigenvalue weighted by molar-refractivity contribution is 6.35. The van der Waals surface area contributed by atoms with Crippen molar-refractivity contribution in [2.45, 2.75) is 19.5 Å². The number of nitrogens with one attached hydrogen (secondary N) is 2. The summed E-state index contributed by atoms with van der Waals surface area (Å²) in [6.45, 7) is 2.28. The van der Waals surface area contributed by atoms with Gasteiger partial charge in [-0.1, -0.05) is 29.3 Å². The Hall–Kier alpha value is -1.98. The Bertz CT molecular complexity index is 721. The van der Waals surface area contributed by atoms with Gasteiger partial charge in [0.05, 0.1) is 6.04 Å². The van der Waals surface area contributed by atoms with Gasteiger partial charge >= 0.3 is 6.03 Å². The lowest BCUT2D eigenvalue weighted by atomic mass is 10.1. The standard InChI is InChI=1S/C17H20Cl2N4O/c1-11(14-5-4-13(18)9-15(14)19)22-17(24)21-10-12-6-7-20-16(8-12)23(2)3/h4-9,11H,10H2,1-3H3,(H2,21,22,24)/t11-/m1/s1. The van der Waals surface area contributed by atoms with Crippen molar-refractivity contribution in [2.24, 2.45) is 0 Å². The van der Waals surface area contributed by atoms with Crippen LogP contribution >= 0.6 is 23.2 Å². The van der Waals surface area contributed by atoms with Crippen LogP contribution in [0.5, 0.6) is 0 Å². The number of carbonyl (C=O) groups excluding carboxylic acids is 1. The Morgan fingerprint density at radius 3 is 2.67 bits per heavy atom. The van der Waals surface area contributed by atoms with E-state index in [1.807, 2.05) is 44.1 Å². The Morgan fingerprint density at radius 1 is 1.25 bits per heavy atom. The van der Waals surface area contributed by atoms with Crippen LogP contribution in [0.1, 0.15) is 24.1 Å². The zero-order valence-electron chi connectivity index (χ0n) is 13.8. The van der Waals surface area contributed by atoms with Gasteiger partial charge in [-0.25, -0.2) is 9.78 Å². The summed E-state index contributed by atoms with van der Waals surface area (Å²) in [5.74, 6) is 0.844. The van der Waals surface area contributed by atoms with E-state index in [1.54, 1.807) is 18.3 Å². The molecule has 0 unspecified atom stereocenters. The molecule has 2 N–H and O–H groups in total. The van der Waals surface area contributed by atoms with Gasteiger partial charge in [-0.05, 0) is 42.3 Å². The maximum Gasteiger partial charge on any atom is 0.315 e. The van der Waals surface area contributed by atoms with Gasteiger partial charge < -0.3 is 15.5 Å². The Kier molecular flexibility index (Phi) is 6.29. The minimum Gasteiger partial charge on any atom is -0.363 e. The largest absolute Gasteiger partial charge is 0.363 e. The summed E-state index contributed by atoms with van der Waals surface area (Å²) in [5.41, 5.74) is 1.79. The Morgan fingerprint density at radius 2 is 2.00 bits per heavy atom. The predicted molar refractivity (Wildman–Crippen MR) is 98.8 cm³/mol. The van der Waals surface area contributed by atoms with E-state index in [0.29, 0.717) is 16.6 Å². The fourth-order valence-corrected chi connectivity index (χ4v) is 2.75. The Labute approximate surface area is 152 Å². The Balaban J connectivity index is 1.92. The van der Waals surface area contributed by atoms with Crippen LogP contribution in [0.4, 0.5) is 10.6 Å². The molecule has 0 radical (unpaired) electrons. The first-order valence-corrected chi connectivity index (χ1v) is 8.24. The summed E-state index contributed by atoms with van der Waals surface area (Å²) in [7, 11) is 3.84. The van der Waals surface area contributed by atoms with E-state index in [-0.39, 0.29) is 12.1 Å². The first-order valence-electron chi connectivity index (χ1n) is 7.48. The number of benzene rings is 1. The van der Waals surface area contributed by atoms with Crippen molar-refractivity contribution < 1.29 is 4.79 Å². The van der Waals surface area contributed by atoms with E-state index in [1.165, 1.54) is 0 Å². The van der Waals surface area contributed by atoms with E-state index >= 15 is 0 Å². The summed E-state index contributed by atoms with van der Waals surface area (Å²) < 4.78 is 0. The van der Waals surface area contributed by atoms with Gasteiger partial charge in [0.1, 0.15) is 5.82 Å². The van der Waals surface area contributed by atoms with Crippen molar-refractivity contribution in [3.8, 4) is 0 Å². The van der Waals surface area contributed by atoms with Gasteiger partial charge in [-0.3, -0.25) is 0 Å². The van der Waals surface area contributed by atoms with Crippen LogP contribution in [0.2, 0.25) is 10.0 Å². The summed E-state index contributed by atoms with van der Waals surface area (Å²) in [5, 5.41) is 6.78. The normalized spacial score (nSPS) is 11.7. The van der Waals surface area contributed by atoms with Crippen LogP contribution in [-0.4, -0.2) is 25.1 Å².